The number of hydrogen-bond donors (Lipinski definition) is 2. The van der Waals surface area contributed by atoms with Crippen LogP contribution < -0.4 is 16.0 Å². The Balaban J connectivity index is 2.36. The third-order valence-corrected chi connectivity index (χ3v) is 3.05. The topological polar surface area (TPSA) is 60.2 Å². The van der Waals surface area contributed by atoms with Crippen LogP contribution in [-0.2, 0) is 0 Å². The summed E-state index contributed by atoms with van der Waals surface area (Å²) in [7, 11) is 1.63. The molecule has 0 saturated carbocycles. The van der Waals surface area contributed by atoms with Crippen LogP contribution >= 0.6 is 11.6 Å². The fourth-order valence-electron chi connectivity index (χ4n) is 1.78. The maximum absolute atomic E-state index is 6.12. The summed E-state index contributed by atoms with van der Waals surface area (Å²) >= 11 is 6.12. The zero-order chi connectivity index (χ0) is 13.0. The quantitative estimate of drug-likeness (QED) is 0.656. The standard InChI is InChI=1S/C13H14ClN3O/c1-18-10-4-2-9(3-5-10)13(17-15)11-6-7-16-8-12(11)14/h2-8,13,17H,15H2,1H3. The number of aromatic nitrogens is 1. The highest BCUT2D eigenvalue weighted by Gasteiger charge is 2.15. The average molecular weight is 264 g/mol. The van der Waals surface area contributed by atoms with E-state index in [0.717, 1.165) is 16.9 Å². The van der Waals surface area contributed by atoms with Crippen molar-refractivity contribution < 1.29 is 4.74 Å². The molecule has 5 heteroatoms. The number of hydrogen-bond acceptors (Lipinski definition) is 4. The van der Waals surface area contributed by atoms with Crippen molar-refractivity contribution in [2.24, 2.45) is 5.84 Å². The summed E-state index contributed by atoms with van der Waals surface area (Å²) < 4.78 is 5.12. The second-order valence-electron chi connectivity index (χ2n) is 3.77. The molecule has 0 bridgehead atoms. The van der Waals surface area contributed by atoms with Gasteiger partial charge in [0.15, 0.2) is 0 Å². The van der Waals surface area contributed by atoms with Gasteiger partial charge < -0.3 is 4.74 Å². The normalized spacial score (nSPS) is 12.2. The van der Waals surface area contributed by atoms with Crippen molar-refractivity contribution in [2.45, 2.75) is 6.04 Å². The number of nitrogens with two attached hydrogens (primary N) is 1. The van der Waals surface area contributed by atoms with E-state index in [0.29, 0.717) is 5.02 Å². The van der Waals surface area contributed by atoms with Crippen LogP contribution in [-0.4, -0.2) is 12.1 Å². The third kappa shape index (κ3) is 2.61. The van der Waals surface area contributed by atoms with Crippen molar-refractivity contribution in [3.63, 3.8) is 0 Å². The van der Waals surface area contributed by atoms with Gasteiger partial charge in [-0.1, -0.05) is 23.7 Å². The smallest absolute Gasteiger partial charge is 0.118 e. The van der Waals surface area contributed by atoms with E-state index in [1.165, 1.54) is 0 Å². The number of benzene rings is 1. The van der Waals surface area contributed by atoms with Crippen molar-refractivity contribution in [1.82, 2.24) is 10.4 Å². The first-order chi connectivity index (χ1) is 8.76. The Hall–Kier alpha value is -1.62. The molecular formula is C13H14ClN3O. The summed E-state index contributed by atoms with van der Waals surface area (Å²) in [5.41, 5.74) is 4.65. The van der Waals surface area contributed by atoms with Crippen LogP contribution in [0.5, 0.6) is 5.75 Å². The van der Waals surface area contributed by atoms with Crippen LogP contribution in [0.2, 0.25) is 5.02 Å². The molecule has 0 aliphatic heterocycles. The van der Waals surface area contributed by atoms with Crippen LogP contribution in [0.4, 0.5) is 0 Å². The van der Waals surface area contributed by atoms with Gasteiger partial charge in [0.1, 0.15) is 5.75 Å². The molecule has 0 aliphatic carbocycles. The Morgan fingerprint density at radius 3 is 2.56 bits per heavy atom. The van der Waals surface area contributed by atoms with E-state index in [9.17, 15) is 0 Å². The molecule has 1 unspecified atom stereocenters. The number of methoxy groups -OCH3 is 1. The largest absolute Gasteiger partial charge is 0.497 e. The van der Waals surface area contributed by atoms with Gasteiger partial charge in [-0.2, -0.15) is 0 Å². The van der Waals surface area contributed by atoms with Gasteiger partial charge in [-0.05, 0) is 29.3 Å². The maximum atomic E-state index is 6.12. The minimum absolute atomic E-state index is 0.175. The van der Waals surface area contributed by atoms with Gasteiger partial charge in [0.2, 0.25) is 0 Å². The highest BCUT2D eigenvalue weighted by atomic mass is 35.5. The van der Waals surface area contributed by atoms with Crippen LogP contribution in [0.15, 0.2) is 42.7 Å². The van der Waals surface area contributed by atoms with Gasteiger partial charge in [-0.15, -0.1) is 0 Å². The zero-order valence-corrected chi connectivity index (χ0v) is 10.7. The number of nitrogens with one attached hydrogen (secondary N) is 1. The van der Waals surface area contributed by atoms with Crippen LogP contribution in [0.25, 0.3) is 0 Å². The van der Waals surface area contributed by atoms with Crippen molar-refractivity contribution in [2.75, 3.05) is 7.11 Å². The van der Waals surface area contributed by atoms with Gasteiger partial charge in [0.25, 0.3) is 0 Å². The monoisotopic (exact) mass is 263 g/mol. The lowest BCUT2D eigenvalue weighted by molar-refractivity contribution is 0.414. The molecule has 1 aromatic heterocycles. The lowest BCUT2D eigenvalue weighted by atomic mass is 10.0. The number of hydrazine groups is 1. The second kappa shape index (κ2) is 5.82. The number of rotatable bonds is 4. The predicted octanol–water partition coefficient (Wildman–Crippen LogP) is 2.30. The molecule has 0 amide bonds. The predicted molar refractivity (Wildman–Crippen MR) is 71.4 cm³/mol. The van der Waals surface area contributed by atoms with E-state index in [1.807, 2.05) is 30.3 Å². The third-order valence-electron chi connectivity index (χ3n) is 2.73. The molecule has 0 aliphatic rings. The summed E-state index contributed by atoms with van der Waals surface area (Å²) in [6.45, 7) is 0. The summed E-state index contributed by atoms with van der Waals surface area (Å²) in [6.07, 6.45) is 3.29. The van der Waals surface area contributed by atoms with Crippen molar-refractivity contribution in [3.8, 4) is 5.75 Å². The Morgan fingerprint density at radius 1 is 1.28 bits per heavy atom. The van der Waals surface area contributed by atoms with Crippen molar-refractivity contribution in [1.29, 1.82) is 0 Å². The van der Waals surface area contributed by atoms with Gasteiger partial charge in [0.05, 0.1) is 18.2 Å². The van der Waals surface area contributed by atoms with E-state index >= 15 is 0 Å². The molecule has 0 saturated heterocycles. The van der Waals surface area contributed by atoms with Gasteiger partial charge in [-0.3, -0.25) is 10.8 Å². The first kappa shape index (κ1) is 12.8. The molecule has 1 atom stereocenters. The highest BCUT2D eigenvalue weighted by Crippen LogP contribution is 2.27. The molecule has 4 nitrogen and oxygen atoms in total. The van der Waals surface area contributed by atoms with Crippen LogP contribution in [0.1, 0.15) is 17.2 Å². The molecular weight excluding hydrogens is 250 g/mol. The maximum Gasteiger partial charge on any atom is 0.118 e. The SMILES string of the molecule is COc1ccc(C(NN)c2ccncc2Cl)cc1. The fraction of sp³-hybridized carbons (Fsp3) is 0.154. The Morgan fingerprint density at radius 2 is 2.00 bits per heavy atom. The minimum Gasteiger partial charge on any atom is -0.497 e. The van der Waals surface area contributed by atoms with Crippen LogP contribution in [0.3, 0.4) is 0 Å². The lowest BCUT2D eigenvalue weighted by Crippen LogP contribution is -2.29. The summed E-state index contributed by atoms with van der Waals surface area (Å²) in [5, 5.41) is 0.580. The molecule has 1 aromatic carbocycles. The van der Waals surface area contributed by atoms with E-state index < -0.39 is 0 Å². The van der Waals surface area contributed by atoms with Gasteiger partial charge in [0, 0.05) is 12.4 Å². The molecule has 0 spiro atoms. The summed E-state index contributed by atoms with van der Waals surface area (Å²) in [6, 6.07) is 9.33. The van der Waals surface area contributed by atoms with E-state index in [1.54, 1.807) is 19.5 Å². The molecule has 0 radical (unpaired) electrons. The Labute approximate surface area is 111 Å². The molecule has 3 N–H and O–H groups in total. The van der Waals surface area contributed by atoms with E-state index in [2.05, 4.69) is 10.4 Å². The molecule has 18 heavy (non-hydrogen) atoms. The lowest BCUT2D eigenvalue weighted by Gasteiger charge is -2.18. The summed E-state index contributed by atoms with van der Waals surface area (Å²) in [5.74, 6) is 6.42. The molecule has 2 aromatic rings. The Bertz CT molecular complexity index is 516. The minimum atomic E-state index is -0.175. The van der Waals surface area contributed by atoms with E-state index in [4.69, 9.17) is 22.2 Å². The van der Waals surface area contributed by atoms with Gasteiger partial charge in [-0.25, -0.2) is 5.43 Å². The number of pyridine rings is 1. The van der Waals surface area contributed by atoms with Gasteiger partial charge >= 0.3 is 0 Å². The highest BCUT2D eigenvalue weighted by molar-refractivity contribution is 6.31. The van der Waals surface area contributed by atoms with Crippen LogP contribution in [0, 0.1) is 0 Å². The molecule has 2 rings (SSSR count). The first-order valence-electron chi connectivity index (χ1n) is 5.45. The van der Waals surface area contributed by atoms with E-state index in [-0.39, 0.29) is 6.04 Å². The fourth-order valence-corrected chi connectivity index (χ4v) is 2.01. The van der Waals surface area contributed by atoms with Crippen molar-refractivity contribution >= 4 is 11.6 Å². The second-order valence-corrected chi connectivity index (χ2v) is 4.18. The summed E-state index contributed by atoms with van der Waals surface area (Å²) in [4.78, 5) is 3.96. The average Bonchev–Trinajstić information content (AvgIpc) is 2.42. The number of ether oxygens (including phenoxy) is 1. The number of nitrogens with zero attached hydrogens (tertiary/aromatic N) is 1. The first-order valence-corrected chi connectivity index (χ1v) is 5.83. The number of halogens is 1. The zero-order valence-electron chi connectivity index (χ0n) is 9.93. The molecule has 94 valence electrons. The van der Waals surface area contributed by atoms with Crippen molar-refractivity contribution in [3.05, 3.63) is 58.9 Å². The Kier molecular flexibility index (Phi) is 4.15. The molecule has 1 heterocycles. The molecule has 0 fully saturated rings.